The van der Waals surface area contributed by atoms with Gasteiger partial charge in [-0.3, -0.25) is 9.59 Å². The van der Waals surface area contributed by atoms with Crippen LogP contribution in [0.4, 0.5) is 17.1 Å². The molecular weight excluding hydrogens is 320 g/mol. The SMILES string of the molecule is Cc1cc(Nc2c(NCc3cccc(O)c3)c(=O)c2=O)cc(C)c1O. The Morgan fingerprint density at radius 1 is 0.920 bits per heavy atom. The number of benzene rings is 2. The van der Waals surface area contributed by atoms with Gasteiger partial charge < -0.3 is 20.8 Å². The molecule has 3 rings (SSSR count). The lowest BCUT2D eigenvalue weighted by Crippen LogP contribution is -2.36. The number of aromatic hydroxyl groups is 2. The summed E-state index contributed by atoms with van der Waals surface area (Å²) in [6.45, 7) is 3.83. The standard InChI is InChI=1S/C19H18N2O4/c1-10-6-13(7-11(2)17(10)23)21-16-15(18(24)19(16)25)20-9-12-4-3-5-14(22)8-12/h3-8,20-23H,9H2,1-2H3. The summed E-state index contributed by atoms with van der Waals surface area (Å²) in [5.41, 5.74) is 2.03. The van der Waals surface area contributed by atoms with Gasteiger partial charge in [-0.25, -0.2) is 0 Å². The molecule has 0 saturated heterocycles. The summed E-state index contributed by atoms with van der Waals surface area (Å²) in [7, 11) is 0. The fraction of sp³-hybridized carbons (Fsp3) is 0.158. The van der Waals surface area contributed by atoms with E-state index in [4.69, 9.17) is 0 Å². The third kappa shape index (κ3) is 3.19. The highest BCUT2D eigenvalue weighted by atomic mass is 16.3. The predicted molar refractivity (Wildman–Crippen MR) is 97.7 cm³/mol. The summed E-state index contributed by atoms with van der Waals surface area (Å²) in [6.07, 6.45) is 0. The molecule has 0 heterocycles. The van der Waals surface area contributed by atoms with Crippen LogP contribution >= 0.6 is 0 Å². The van der Waals surface area contributed by atoms with Crippen molar-refractivity contribution in [2.75, 3.05) is 10.6 Å². The van der Waals surface area contributed by atoms with E-state index < -0.39 is 10.9 Å². The normalized spacial score (nSPS) is 10.8. The number of phenols is 2. The van der Waals surface area contributed by atoms with Gasteiger partial charge in [0.05, 0.1) is 0 Å². The predicted octanol–water partition coefficient (Wildman–Crippen LogP) is 2.67. The highest BCUT2D eigenvalue weighted by molar-refractivity contribution is 5.79. The first kappa shape index (κ1) is 16.6. The molecule has 0 unspecified atom stereocenters. The average molecular weight is 338 g/mol. The first-order chi connectivity index (χ1) is 11.9. The van der Waals surface area contributed by atoms with Crippen molar-refractivity contribution < 1.29 is 10.2 Å². The van der Waals surface area contributed by atoms with Crippen LogP contribution in [-0.4, -0.2) is 10.2 Å². The van der Waals surface area contributed by atoms with Crippen LogP contribution in [0.25, 0.3) is 0 Å². The molecule has 0 bridgehead atoms. The molecule has 6 heteroatoms. The Morgan fingerprint density at radius 2 is 1.56 bits per heavy atom. The molecular formula is C19H18N2O4. The molecule has 0 aliphatic rings. The molecule has 0 aliphatic heterocycles. The Balaban J connectivity index is 1.81. The minimum absolute atomic E-state index is 0.137. The van der Waals surface area contributed by atoms with E-state index >= 15 is 0 Å². The Bertz CT molecular complexity index is 994. The second-order valence-electron chi connectivity index (χ2n) is 6.02. The van der Waals surface area contributed by atoms with Gasteiger partial charge in [-0.15, -0.1) is 0 Å². The molecule has 0 spiro atoms. The number of rotatable bonds is 5. The first-order valence-corrected chi connectivity index (χ1v) is 7.79. The molecule has 25 heavy (non-hydrogen) atoms. The average Bonchev–Trinajstić information content (AvgIpc) is 2.58. The van der Waals surface area contributed by atoms with Gasteiger partial charge in [-0.1, -0.05) is 12.1 Å². The maximum absolute atomic E-state index is 11.9. The fourth-order valence-electron chi connectivity index (χ4n) is 2.71. The monoisotopic (exact) mass is 338 g/mol. The van der Waals surface area contributed by atoms with Crippen LogP contribution in [0.3, 0.4) is 0 Å². The minimum atomic E-state index is -0.582. The fourth-order valence-corrected chi connectivity index (χ4v) is 2.71. The van der Waals surface area contributed by atoms with Crippen molar-refractivity contribution in [3.05, 3.63) is 73.5 Å². The summed E-state index contributed by atoms with van der Waals surface area (Å²) < 4.78 is 0. The lowest BCUT2D eigenvalue weighted by Gasteiger charge is -2.16. The van der Waals surface area contributed by atoms with Gasteiger partial charge in [0.2, 0.25) is 0 Å². The number of hydrogen-bond acceptors (Lipinski definition) is 6. The van der Waals surface area contributed by atoms with Crippen LogP contribution in [0.2, 0.25) is 0 Å². The molecule has 0 aromatic heterocycles. The quantitative estimate of drug-likeness (QED) is 0.422. The van der Waals surface area contributed by atoms with Crippen molar-refractivity contribution in [3.63, 3.8) is 0 Å². The number of anilines is 3. The molecule has 3 aromatic carbocycles. The van der Waals surface area contributed by atoms with Gasteiger partial charge in [0.1, 0.15) is 22.9 Å². The lowest BCUT2D eigenvalue weighted by molar-refractivity contribution is 0.467. The van der Waals surface area contributed by atoms with Crippen LogP contribution in [0.15, 0.2) is 46.0 Å². The Hall–Kier alpha value is -3.28. The number of hydrogen-bond donors (Lipinski definition) is 4. The molecule has 0 atom stereocenters. The summed E-state index contributed by atoms with van der Waals surface area (Å²) in [6, 6.07) is 10.1. The van der Waals surface area contributed by atoms with Crippen molar-refractivity contribution in [1.29, 1.82) is 0 Å². The third-order valence-corrected chi connectivity index (χ3v) is 4.05. The number of aryl methyl sites for hydroxylation is 2. The van der Waals surface area contributed by atoms with E-state index in [-0.39, 0.29) is 22.9 Å². The topological polar surface area (TPSA) is 98.7 Å². The summed E-state index contributed by atoms with van der Waals surface area (Å²) >= 11 is 0. The second kappa shape index (κ2) is 6.32. The van der Waals surface area contributed by atoms with Crippen molar-refractivity contribution in [2.45, 2.75) is 20.4 Å². The largest absolute Gasteiger partial charge is 0.508 e. The summed E-state index contributed by atoms with van der Waals surface area (Å²) in [5, 5.41) is 25.2. The Kier molecular flexibility index (Phi) is 4.19. The van der Waals surface area contributed by atoms with Crippen LogP contribution < -0.4 is 21.5 Å². The van der Waals surface area contributed by atoms with Crippen LogP contribution in [0, 0.1) is 13.8 Å². The van der Waals surface area contributed by atoms with E-state index in [1.807, 2.05) is 0 Å². The Labute approximate surface area is 144 Å². The highest BCUT2D eigenvalue weighted by Crippen LogP contribution is 2.28. The summed E-state index contributed by atoms with van der Waals surface area (Å²) in [4.78, 5) is 23.7. The van der Waals surface area contributed by atoms with Crippen LogP contribution in [-0.2, 0) is 6.54 Å². The number of nitrogens with one attached hydrogen (secondary N) is 2. The molecule has 6 nitrogen and oxygen atoms in total. The zero-order valence-electron chi connectivity index (χ0n) is 13.9. The first-order valence-electron chi connectivity index (χ1n) is 7.79. The molecule has 128 valence electrons. The lowest BCUT2D eigenvalue weighted by atomic mass is 10.1. The summed E-state index contributed by atoms with van der Waals surface area (Å²) in [5.74, 6) is 0.343. The smallest absolute Gasteiger partial charge is 0.253 e. The highest BCUT2D eigenvalue weighted by Gasteiger charge is 2.21. The number of phenolic OH excluding ortho intramolecular Hbond substituents is 2. The zero-order chi connectivity index (χ0) is 18.1. The van der Waals surface area contributed by atoms with E-state index in [9.17, 15) is 19.8 Å². The van der Waals surface area contributed by atoms with Crippen molar-refractivity contribution >= 4 is 17.1 Å². The van der Waals surface area contributed by atoms with E-state index in [1.54, 1.807) is 50.2 Å². The molecule has 0 aliphatic carbocycles. The molecule has 0 saturated carbocycles. The van der Waals surface area contributed by atoms with Crippen molar-refractivity contribution in [2.24, 2.45) is 0 Å². The van der Waals surface area contributed by atoms with Gasteiger partial charge >= 0.3 is 0 Å². The molecule has 0 fully saturated rings. The minimum Gasteiger partial charge on any atom is -0.508 e. The van der Waals surface area contributed by atoms with Gasteiger partial charge in [0.15, 0.2) is 0 Å². The van der Waals surface area contributed by atoms with Gasteiger partial charge in [-0.05, 0) is 54.8 Å². The van der Waals surface area contributed by atoms with Gasteiger partial charge in [0.25, 0.3) is 10.9 Å². The molecule has 0 amide bonds. The van der Waals surface area contributed by atoms with Gasteiger partial charge in [0, 0.05) is 12.2 Å². The van der Waals surface area contributed by atoms with Crippen molar-refractivity contribution in [3.8, 4) is 11.5 Å². The second-order valence-corrected chi connectivity index (χ2v) is 6.02. The van der Waals surface area contributed by atoms with Crippen LogP contribution in [0.1, 0.15) is 16.7 Å². The van der Waals surface area contributed by atoms with E-state index in [0.717, 1.165) is 5.56 Å². The zero-order valence-corrected chi connectivity index (χ0v) is 13.9. The van der Waals surface area contributed by atoms with E-state index in [0.29, 0.717) is 23.4 Å². The molecule has 0 radical (unpaired) electrons. The maximum Gasteiger partial charge on any atom is 0.253 e. The third-order valence-electron chi connectivity index (χ3n) is 4.05. The van der Waals surface area contributed by atoms with E-state index in [2.05, 4.69) is 10.6 Å². The molecule has 3 aromatic rings. The van der Waals surface area contributed by atoms with Crippen molar-refractivity contribution in [1.82, 2.24) is 0 Å². The van der Waals surface area contributed by atoms with Gasteiger partial charge in [-0.2, -0.15) is 0 Å². The molecule has 4 N–H and O–H groups in total. The van der Waals surface area contributed by atoms with Crippen LogP contribution in [0.5, 0.6) is 11.5 Å². The van der Waals surface area contributed by atoms with E-state index in [1.165, 1.54) is 0 Å². The Morgan fingerprint density at radius 3 is 2.20 bits per heavy atom. The maximum atomic E-state index is 11.9.